The SMILES string of the molecule is C=C(C)C(=O)OCCCC.[SiH4]. The molecule has 0 saturated heterocycles. The standard InChI is InChI=1S/C8H14O2.H4Si/c1-4-5-6-10-8(9)7(2)3;/h2,4-6H2,1,3H3;1H4. The van der Waals surface area contributed by atoms with E-state index >= 15 is 0 Å². The lowest BCUT2D eigenvalue weighted by atomic mass is 10.3. The molecule has 0 fully saturated rings. The number of ether oxygens (including phenoxy) is 1. The third-order valence-electron chi connectivity index (χ3n) is 1.08. The Balaban J connectivity index is 0. The number of hydrogen-bond donors (Lipinski definition) is 0. The van der Waals surface area contributed by atoms with E-state index in [1.807, 2.05) is 0 Å². The van der Waals surface area contributed by atoms with E-state index in [-0.39, 0.29) is 16.9 Å². The fourth-order valence-corrected chi connectivity index (χ4v) is 0.432. The van der Waals surface area contributed by atoms with Gasteiger partial charge in [0.15, 0.2) is 0 Å². The quantitative estimate of drug-likeness (QED) is 0.268. The number of esters is 1. The molecule has 0 heterocycles. The van der Waals surface area contributed by atoms with Gasteiger partial charge in [-0.3, -0.25) is 0 Å². The summed E-state index contributed by atoms with van der Waals surface area (Å²) in [6.45, 7) is 7.67. The van der Waals surface area contributed by atoms with Crippen molar-refractivity contribution in [1.82, 2.24) is 0 Å². The maximum Gasteiger partial charge on any atom is 0.333 e. The molecule has 0 aliphatic heterocycles. The van der Waals surface area contributed by atoms with Crippen molar-refractivity contribution < 1.29 is 9.53 Å². The fraction of sp³-hybridized carbons (Fsp3) is 0.625. The van der Waals surface area contributed by atoms with Crippen molar-refractivity contribution in [3.63, 3.8) is 0 Å². The van der Waals surface area contributed by atoms with Gasteiger partial charge in [-0.15, -0.1) is 0 Å². The van der Waals surface area contributed by atoms with Crippen molar-refractivity contribution in [2.75, 3.05) is 6.61 Å². The summed E-state index contributed by atoms with van der Waals surface area (Å²) >= 11 is 0. The monoisotopic (exact) mass is 174 g/mol. The molecule has 66 valence electrons. The van der Waals surface area contributed by atoms with Crippen LogP contribution in [-0.2, 0) is 9.53 Å². The molecule has 0 aliphatic carbocycles. The van der Waals surface area contributed by atoms with E-state index < -0.39 is 0 Å². The highest BCUT2D eigenvalue weighted by Crippen LogP contribution is 1.94. The van der Waals surface area contributed by atoms with Crippen LogP contribution in [-0.4, -0.2) is 23.5 Å². The van der Waals surface area contributed by atoms with Crippen LogP contribution in [0.15, 0.2) is 12.2 Å². The average Bonchev–Trinajstić information content (AvgIpc) is 1.88. The zero-order valence-electron chi connectivity index (χ0n) is 6.64. The summed E-state index contributed by atoms with van der Waals surface area (Å²) in [5.41, 5.74) is 0.469. The molecule has 0 aromatic carbocycles. The number of hydrogen-bond acceptors (Lipinski definition) is 2. The van der Waals surface area contributed by atoms with Crippen LogP contribution in [0.5, 0.6) is 0 Å². The summed E-state index contributed by atoms with van der Waals surface area (Å²) in [7, 11) is 0. The van der Waals surface area contributed by atoms with Crippen LogP contribution in [0.25, 0.3) is 0 Å². The van der Waals surface area contributed by atoms with E-state index in [1.165, 1.54) is 0 Å². The normalized spacial score (nSPS) is 8.18. The number of rotatable bonds is 4. The molecule has 0 spiro atoms. The molecule has 0 atom stereocenters. The van der Waals surface area contributed by atoms with E-state index in [0.717, 1.165) is 12.8 Å². The highest BCUT2D eigenvalue weighted by Gasteiger charge is 2.00. The summed E-state index contributed by atoms with van der Waals surface area (Å²) in [4.78, 5) is 10.7. The molecule has 11 heavy (non-hydrogen) atoms. The smallest absolute Gasteiger partial charge is 0.333 e. The van der Waals surface area contributed by atoms with Gasteiger partial charge in [0.2, 0.25) is 0 Å². The number of carbonyl (C=O) groups excluding carboxylic acids is 1. The molecule has 0 amide bonds. The third kappa shape index (κ3) is 7.32. The minimum absolute atomic E-state index is 0. The summed E-state index contributed by atoms with van der Waals surface area (Å²) in [5, 5.41) is 0. The predicted octanol–water partition coefficient (Wildman–Crippen LogP) is 0.454. The zero-order chi connectivity index (χ0) is 7.98. The topological polar surface area (TPSA) is 26.3 Å². The second kappa shape index (κ2) is 7.53. The van der Waals surface area contributed by atoms with Crippen molar-refractivity contribution in [2.45, 2.75) is 26.7 Å². The first-order valence-corrected chi connectivity index (χ1v) is 3.51. The van der Waals surface area contributed by atoms with Crippen LogP contribution in [0.3, 0.4) is 0 Å². The first-order chi connectivity index (χ1) is 4.68. The zero-order valence-corrected chi connectivity index (χ0v) is 6.64. The highest BCUT2D eigenvalue weighted by molar-refractivity contribution is 5.86. The molecular weight excluding hydrogens is 156 g/mol. The first-order valence-electron chi connectivity index (χ1n) is 3.51. The van der Waals surface area contributed by atoms with Crippen molar-refractivity contribution >= 4 is 16.9 Å². The minimum atomic E-state index is -0.284. The molecule has 0 aliphatic rings. The maximum absolute atomic E-state index is 10.7. The second-order valence-electron chi connectivity index (χ2n) is 2.27. The Bertz CT molecular complexity index is 132. The molecule has 3 heteroatoms. The van der Waals surface area contributed by atoms with Gasteiger partial charge in [-0.1, -0.05) is 19.9 Å². The van der Waals surface area contributed by atoms with E-state index in [4.69, 9.17) is 4.74 Å². The Morgan fingerprint density at radius 2 is 2.09 bits per heavy atom. The van der Waals surface area contributed by atoms with Crippen molar-refractivity contribution in [1.29, 1.82) is 0 Å². The van der Waals surface area contributed by atoms with Crippen LogP contribution in [0.1, 0.15) is 26.7 Å². The molecular formula is C8H18O2Si. The van der Waals surface area contributed by atoms with Crippen LogP contribution >= 0.6 is 0 Å². The van der Waals surface area contributed by atoms with Gasteiger partial charge in [-0.05, 0) is 24.3 Å². The largest absolute Gasteiger partial charge is 0.462 e. The minimum Gasteiger partial charge on any atom is -0.462 e. The van der Waals surface area contributed by atoms with Crippen molar-refractivity contribution in [3.05, 3.63) is 12.2 Å². The Hall–Kier alpha value is -0.573. The molecule has 0 radical (unpaired) electrons. The van der Waals surface area contributed by atoms with Gasteiger partial charge in [-0.2, -0.15) is 0 Å². The Kier molecular flexibility index (Phi) is 8.94. The van der Waals surface area contributed by atoms with E-state index in [9.17, 15) is 4.79 Å². The first kappa shape index (κ1) is 13.0. The van der Waals surface area contributed by atoms with Gasteiger partial charge < -0.3 is 4.74 Å². The molecule has 2 nitrogen and oxygen atoms in total. The fourth-order valence-electron chi connectivity index (χ4n) is 0.432. The van der Waals surface area contributed by atoms with Gasteiger partial charge >= 0.3 is 5.97 Å². The lowest BCUT2D eigenvalue weighted by Crippen LogP contribution is -2.05. The third-order valence-corrected chi connectivity index (χ3v) is 1.08. The van der Waals surface area contributed by atoms with Crippen LogP contribution in [0.4, 0.5) is 0 Å². The van der Waals surface area contributed by atoms with E-state index in [0.29, 0.717) is 12.2 Å². The molecule has 0 aromatic heterocycles. The Labute approximate surface area is 72.7 Å². The summed E-state index contributed by atoms with van der Waals surface area (Å²) in [5.74, 6) is -0.284. The lowest BCUT2D eigenvalue weighted by Gasteiger charge is -2.01. The number of unbranched alkanes of at least 4 members (excludes halogenated alkanes) is 1. The Morgan fingerprint density at radius 3 is 2.45 bits per heavy atom. The van der Waals surface area contributed by atoms with Crippen LogP contribution < -0.4 is 0 Å². The molecule has 0 bridgehead atoms. The predicted molar refractivity (Wildman–Crippen MR) is 52.0 cm³/mol. The highest BCUT2D eigenvalue weighted by atomic mass is 28.1. The molecule has 0 N–H and O–H groups in total. The molecule has 0 saturated carbocycles. The second-order valence-corrected chi connectivity index (χ2v) is 2.27. The van der Waals surface area contributed by atoms with Crippen molar-refractivity contribution in [2.24, 2.45) is 0 Å². The van der Waals surface area contributed by atoms with Gasteiger partial charge in [-0.25, -0.2) is 4.79 Å². The van der Waals surface area contributed by atoms with Gasteiger partial charge in [0.1, 0.15) is 0 Å². The summed E-state index contributed by atoms with van der Waals surface area (Å²) in [6, 6.07) is 0. The van der Waals surface area contributed by atoms with Gasteiger partial charge in [0, 0.05) is 5.57 Å². The van der Waals surface area contributed by atoms with E-state index in [2.05, 4.69) is 13.5 Å². The molecule has 0 rings (SSSR count). The lowest BCUT2D eigenvalue weighted by molar-refractivity contribution is -0.139. The molecule has 0 unspecified atom stereocenters. The van der Waals surface area contributed by atoms with Crippen molar-refractivity contribution in [3.8, 4) is 0 Å². The maximum atomic E-state index is 10.7. The van der Waals surface area contributed by atoms with E-state index in [1.54, 1.807) is 6.92 Å². The van der Waals surface area contributed by atoms with Gasteiger partial charge in [0.25, 0.3) is 0 Å². The molecule has 0 aromatic rings. The summed E-state index contributed by atoms with van der Waals surface area (Å²) in [6.07, 6.45) is 1.97. The van der Waals surface area contributed by atoms with Gasteiger partial charge in [0.05, 0.1) is 6.61 Å². The van der Waals surface area contributed by atoms with Crippen LogP contribution in [0, 0.1) is 0 Å². The summed E-state index contributed by atoms with van der Waals surface area (Å²) < 4.78 is 4.81. The average molecular weight is 174 g/mol. The Morgan fingerprint density at radius 1 is 1.55 bits per heavy atom. The number of carbonyl (C=O) groups is 1. The van der Waals surface area contributed by atoms with Crippen LogP contribution in [0.2, 0.25) is 0 Å².